The van der Waals surface area contributed by atoms with Gasteiger partial charge in [-0.3, -0.25) is 0 Å². The molecule has 1 spiro atoms. The quantitative estimate of drug-likeness (QED) is 0.368. The second-order valence-corrected chi connectivity index (χ2v) is 2.30. The van der Waals surface area contributed by atoms with Crippen molar-refractivity contribution in [2.75, 3.05) is 0 Å². The summed E-state index contributed by atoms with van der Waals surface area (Å²) in [5, 5.41) is 0. The highest BCUT2D eigenvalue weighted by Crippen LogP contribution is 2.84. The third-order valence-electron chi connectivity index (χ3n) is 2.03. The summed E-state index contributed by atoms with van der Waals surface area (Å²) in [6.45, 7) is 0. The summed E-state index contributed by atoms with van der Waals surface area (Å²) < 4.78 is 5.07. The molecule has 1 heterocycles. The van der Waals surface area contributed by atoms with E-state index in [1.807, 2.05) is 0 Å². The van der Waals surface area contributed by atoms with Gasteiger partial charge in [0.25, 0.3) is 0 Å². The minimum absolute atomic E-state index is 0.583. The number of fused-ring (bicyclic) bond motifs is 1. The lowest BCUT2D eigenvalue weighted by molar-refractivity contribution is 0.288. The van der Waals surface area contributed by atoms with E-state index in [9.17, 15) is 0 Å². The van der Waals surface area contributed by atoms with Gasteiger partial charge in [0.2, 0.25) is 0 Å². The van der Waals surface area contributed by atoms with Crippen LogP contribution in [-0.4, -0.2) is 11.7 Å². The van der Waals surface area contributed by atoms with Crippen LogP contribution >= 0.6 is 0 Å². The number of hydrogen-bond donors (Lipinski definition) is 0. The van der Waals surface area contributed by atoms with Gasteiger partial charge in [0.05, 0.1) is 6.10 Å². The molecule has 2 aliphatic carbocycles. The van der Waals surface area contributed by atoms with Crippen molar-refractivity contribution in [1.29, 1.82) is 0 Å². The zero-order valence-electron chi connectivity index (χ0n) is 2.77. The highest BCUT2D eigenvalue weighted by Gasteiger charge is 2.95. The Hall–Kier alpha value is -0.0400. The topological polar surface area (TPSA) is 12.5 Å². The van der Waals surface area contributed by atoms with Crippen LogP contribution in [0.1, 0.15) is 6.42 Å². The van der Waals surface area contributed by atoms with Crippen molar-refractivity contribution in [1.82, 2.24) is 0 Å². The van der Waals surface area contributed by atoms with Gasteiger partial charge in [-0.05, 0) is 6.42 Å². The third-order valence-corrected chi connectivity index (χ3v) is 2.03. The number of hydrogen-bond acceptors (Lipinski definition) is 1. The van der Waals surface area contributed by atoms with Crippen LogP contribution in [-0.2, 0) is 4.74 Å². The van der Waals surface area contributed by atoms with E-state index < -0.39 is 0 Å². The van der Waals surface area contributed by atoms with Gasteiger partial charge in [0.15, 0.2) is 0 Å². The van der Waals surface area contributed by atoms with Gasteiger partial charge in [-0.15, -0.1) is 0 Å². The fraction of sp³-hybridized carbons (Fsp3) is 1.00. The molecule has 0 aromatic heterocycles. The molecular formula is C4H4O. The number of epoxide rings is 1. The minimum Gasteiger partial charge on any atom is -0.365 e. The van der Waals surface area contributed by atoms with Gasteiger partial charge in [0.1, 0.15) is 5.60 Å². The molecular weight excluding hydrogens is 64.0 g/mol. The second-order valence-electron chi connectivity index (χ2n) is 2.30. The molecule has 1 heteroatoms. The van der Waals surface area contributed by atoms with E-state index in [2.05, 4.69) is 0 Å². The van der Waals surface area contributed by atoms with Crippen molar-refractivity contribution in [2.45, 2.75) is 18.1 Å². The summed E-state index contributed by atoms with van der Waals surface area (Å²) >= 11 is 0. The lowest BCUT2D eigenvalue weighted by atomic mass is 10.4. The molecule has 0 amide bonds. The van der Waals surface area contributed by atoms with Crippen LogP contribution in [0, 0.1) is 5.92 Å². The van der Waals surface area contributed by atoms with Crippen molar-refractivity contribution in [2.24, 2.45) is 5.92 Å². The molecule has 5 heavy (non-hydrogen) atoms. The second kappa shape index (κ2) is 0.178. The fourth-order valence-corrected chi connectivity index (χ4v) is 1.15. The highest BCUT2D eigenvalue weighted by molar-refractivity contribution is 5.43. The van der Waals surface area contributed by atoms with Crippen LogP contribution in [0.3, 0.4) is 0 Å². The van der Waals surface area contributed by atoms with Crippen molar-refractivity contribution in [3.8, 4) is 0 Å². The molecule has 3 atom stereocenters. The summed E-state index contributed by atoms with van der Waals surface area (Å²) in [7, 11) is 0. The molecule has 2 saturated carbocycles. The Morgan fingerprint density at radius 3 is 2.40 bits per heavy atom. The van der Waals surface area contributed by atoms with Gasteiger partial charge in [-0.2, -0.15) is 0 Å². The zero-order valence-corrected chi connectivity index (χ0v) is 2.77. The van der Waals surface area contributed by atoms with Crippen LogP contribution < -0.4 is 0 Å². The van der Waals surface area contributed by atoms with E-state index in [1.165, 1.54) is 6.42 Å². The molecule has 0 radical (unpaired) electrons. The van der Waals surface area contributed by atoms with E-state index in [1.54, 1.807) is 0 Å². The zero-order chi connectivity index (χ0) is 3.07. The van der Waals surface area contributed by atoms with E-state index in [0.29, 0.717) is 5.60 Å². The molecule has 3 rings (SSSR count). The molecule has 0 aromatic rings. The molecule has 0 N–H and O–H groups in total. The van der Waals surface area contributed by atoms with E-state index in [4.69, 9.17) is 4.74 Å². The van der Waals surface area contributed by atoms with E-state index >= 15 is 0 Å². The highest BCUT2D eigenvalue weighted by atomic mass is 16.7. The van der Waals surface area contributed by atoms with E-state index in [-0.39, 0.29) is 0 Å². The fourth-order valence-electron chi connectivity index (χ4n) is 1.15. The molecule has 1 saturated heterocycles. The van der Waals surface area contributed by atoms with Crippen LogP contribution in [0.25, 0.3) is 0 Å². The number of rotatable bonds is 0. The molecule has 0 bridgehead atoms. The molecule has 3 aliphatic rings. The summed E-state index contributed by atoms with van der Waals surface area (Å²) in [6, 6.07) is 0. The summed E-state index contributed by atoms with van der Waals surface area (Å²) in [6.07, 6.45) is 2.19. The maximum atomic E-state index is 5.07. The monoisotopic (exact) mass is 68.0 g/mol. The lowest BCUT2D eigenvalue weighted by Gasteiger charge is -1.67. The Labute approximate surface area is 29.9 Å². The van der Waals surface area contributed by atoms with Crippen molar-refractivity contribution in [3.63, 3.8) is 0 Å². The Morgan fingerprint density at radius 1 is 1.80 bits per heavy atom. The Balaban J connectivity index is 2.49. The lowest BCUT2D eigenvalue weighted by Crippen LogP contribution is -1.69. The number of ether oxygens (including phenoxy) is 1. The van der Waals surface area contributed by atoms with Crippen LogP contribution in [0.4, 0.5) is 0 Å². The van der Waals surface area contributed by atoms with Gasteiger partial charge in [0, 0.05) is 5.92 Å². The third kappa shape index (κ3) is 0.0382. The first-order valence-corrected chi connectivity index (χ1v) is 2.11. The van der Waals surface area contributed by atoms with Crippen LogP contribution in [0.2, 0.25) is 0 Å². The normalized spacial score (nSPS) is 91.2. The largest absolute Gasteiger partial charge is 0.365 e. The van der Waals surface area contributed by atoms with Gasteiger partial charge in [-0.25, -0.2) is 0 Å². The SMILES string of the molecule is C1C2C3OC123. The van der Waals surface area contributed by atoms with Gasteiger partial charge < -0.3 is 4.74 Å². The van der Waals surface area contributed by atoms with Crippen LogP contribution in [0.15, 0.2) is 0 Å². The van der Waals surface area contributed by atoms with Crippen molar-refractivity contribution >= 4 is 0 Å². The molecule has 0 aromatic carbocycles. The van der Waals surface area contributed by atoms with Crippen molar-refractivity contribution < 1.29 is 4.74 Å². The predicted octanol–water partition coefficient (Wildman–Crippen LogP) is 0.157. The van der Waals surface area contributed by atoms with Crippen LogP contribution in [0.5, 0.6) is 0 Å². The Morgan fingerprint density at radius 2 is 2.40 bits per heavy atom. The smallest absolute Gasteiger partial charge is 0.101 e. The average Bonchev–Trinajstić information content (AvgIpc) is 2.04. The standard InChI is InChI=1S/C4H4O/c1-2-3-4(1,2)5-3/h2-3H,1H2. The molecule has 26 valence electrons. The van der Waals surface area contributed by atoms with E-state index in [0.717, 1.165) is 12.0 Å². The summed E-state index contributed by atoms with van der Waals surface area (Å²) in [4.78, 5) is 0. The maximum absolute atomic E-state index is 5.07. The Bertz CT molecular complexity index is 94.2. The average molecular weight is 68.1 g/mol. The molecule has 1 nitrogen and oxygen atoms in total. The molecule has 3 fully saturated rings. The predicted molar refractivity (Wildman–Crippen MR) is 15.7 cm³/mol. The molecule has 3 unspecified atom stereocenters. The van der Waals surface area contributed by atoms with Gasteiger partial charge >= 0.3 is 0 Å². The maximum Gasteiger partial charge on any atom is 0.101 e. The Kier molecular flexibility index (Phi) is 0.0572. The summed E-state index contributed by atoms with van der Waals surface area (Å²) in [5.41, 5.74) is 0.583. The first-order chi connectivity index (χ1) is 2.43. The van der Waals surface area contributed by atoms with Crippen molar-refractivity contribution in [3.05, 3.63) is 0 Å². The summed E-state index contributed by atoms with van der Waals surface area (Å²) in [5.74, 6) is 1.07. The molecule has 1 aliphatic heterocycles. The first-order valence-electron chi connectivity index (χ1n) is 2.11. The van der Waals surface area contributed by atoms with Gasteiger partial charge in [-0.1, -0.05) is 0 Å². The first kappa shape index (κ1) is 1.61. The minimum atomic E-state index is 0.583.